The molecule has 1 aromatic carbocycles. The summed E-state index contributed by atoms with van der Waals surface area (Å²) in [5, 5.41) is 9.66. The molecule has 0 fully saturated rings. The van der Waals surface area contributed by atoms with Crippen LogP contribution in [0.25, 0.3) is 11.4 Å². The average molecular weight is 232 g/mol. The van der Waals surface area contributed by atoms with Crippen LogP contribution in [0.3, 0.4) is 0 Å². The fourth-order valence-corrected chi connectivity index (χ4v) is 1.41. The number of benzene rings is 1. The molecular formula is C11H12N4O2. The van der Waals surface area contributed by atoms with Gasteiger partial charge in [0.25, 0.3) is 0 Å². The molecule has 0 aliphatic rings. The number of aromatic nitrogens is 2. The number of nitrogens with one attached hydrogen (secondary N) is 1. The molecule has 0 atom stereocenters. The quantitative estimate of drug-likeness (QED) is 0.543. The number of aromatic hydroxyl groups is 1. The number of hydrogen-bond donors (Lipinski definition) is 3. The van der Waals surface area contributed by atoms with Crippen LogP contribution in [-0.4, -0.2) is 22.2 Å². The van der Waals surface area contributed by atoms with Crippen molar-refractivity contribution in [1.29, 1.82) is 0 Å². The van der Waals surface area contributed by atoms with Crippen molar-refractivity contribution in [3.63, 3.8) is 0 Å². The maximum absolute atomic E-state index is 9.66. The van der Waals surface area contributed by atoms with E-state index in [1.165, 1.54) is 13.2 Å². The third kappa shape index (κ3) is 2.26. The number of hydrogen-bond acceptors (Lipinski definition) is 6. The number of nitrogen functional groups attached to an aromatic ring is 1. The number of nitrogens with two attached hydrogens (primary N) is 1. The van der Waals surface area contributed by atoms with Crippen LogP contribution < -0.4 is 16.0 Å². The van der Waals surface area contributed by atoms with Gasteiger partial charge in [-0.1, -0.05) is 0 Å². The van der Waals surface area contributed by atoms with Crippen molar-refractivity contribution in [2.24, 2.45) is 5.84 Å². The Morgan fingerprint density at radius 2 is 2.18 bits per heavy atom. The first-order valence-corrected chi connectivity index (χ1v) is 4.91. The van der Waals surface area contributed by atoms with E-state index in [2.05, 4.69) is 15.4 Å². The molecule has 1 aromatic heterocycles. The number of anilines is 1. The number of hydrazine groups is 1. The number of phenolic OH excluding ortho intramolecular Hbond substituents is 1. The van der Waals surface area contributed by atoms with Gasteiger partial charge in [0.2, 0.25) is 0 Å². The molecule has 0 saturated carbocycles. The summed E-state index contributed by atoms with van der Waals surface area (Å²) in [7, 11) is 1.49. The van der Waals surface area contributed by atoms with Crippen molar-refractivity contribution < 1.29 is 9.84 Å². The van der Waals surface area contributed by atoms with E-state index >= 15 is 0 Å². The first-order chi connectivity index (χ1) is 8.24. The van der Waals surface area contributed by atoms with Crippen molar-refractivity contribution in [3.05, 3.63) is 30.5 Å². The summed E-state index contributed by atoms with van der Waals surface area (Å²) in [5.41, 5.74) is 3.12. The zero-order chi connectivity index (χ0) is 12.3. The van der Waals surface area contributed by atoms with E-state index in [4.69, 9.17) is 10.6 Å². The second kappa shape index (κ2) is 4.67. The topological polar surface area (TPSA) is 93.3 Å². The van der Waals surface area contributed by atoms with Crippen LogP contribution in [0.1, 0.15) is 0 Å². The Hall–Kier alpha value is -2.34. The van der Waals surface area contributed by atoms with Crippen LogP contribution in [0.15, 0.2) is 30.5 Å². The predicted molar refractivity (Wildman–Crippen MR) is 63.5 cm³/mol. The highest BCUT2D eigenvalue weighted by Gasteiger charge is 2.06. The summed E-state index contributed by atoms with van der Waals surface area (Å²) >= 11 is 0. The van der Waals surface area contributed by atoms with Gasteiger partial charge in [-0.25, -0.2) is 15.8 Å². The van der Waals surface area contributed by atoms with Gasteiger partial charge in [-0.05, 0) is 18.2 Å². The molecule has 0 amide bonds. The normalized spacial score (nSPS) is 10.0. The van der Waals surface area contributed by atoms with Gasteiger partial charge in [0.05, 0.1) is 7.11 Å². The summed E-state index contributed by atoms with van der Waals surface area (Å²) in [5.74, 6) is 6.68. The van der Waals surface area contributed by atoms with Gasteiger partial charge < -0.3 is 15.3 Å². The third-order valence-corrected chi connectivity index (χ3v) is 2.24. The molecule has 17 heavy (non-hydrogen) atoms. The Morgan fingerprint density at radius 1 is 1.35 bits per heavy atom. The summed E-state index contributed by atoms with van der Waals surface area (Å²) in [6.07, 6.45) is 1.58. The van der Waals surface area contributed by atoms with E-state index in [1.54, 1.807) is 24.4 Å². The highest BCUT2D eigenvalue weighted by Crippen LogP contribution is 2.29. The molecule has 0 spiro atoms. The molecule has 4 N–H and O–H groups in total. The van der Waals surface area contributed by atoms with Crippen LogP contribution in [0.2, 0.25) is 0 Å². The van der Waals surface area contributed by atoms with Crippen LogP contribution in [0.4, 0.5) is 5.82 Å². The molecule has 0 aliphatic carbocycles. The molecule has 2 aromatic rings. The Labute approximate surface area is 98.1 Å². The molecule has 88 valence electrons. The molecule has 0 radical (unpaired) electrons. The van der Waals surface area contributed by atoms with E-state index < -0.39 is 0 Å². The smallest absolute Gasteiger partial charge is 0.161 e. The van der Waals surface area contributed by atoms with Crippen LogP contribution in [0.5, 0.6) is 11.5 Å². The molecule has 2 rings (SSSR count). The molecule has 0 saturated heterocycles. The van der Waals surface area contributed by atoms with Crippen LogP contribution in [0, 0.1) is 0 Å². The van der Waals surface area contributed by atoms with E-state index in [9.17, 15) is 5.11 Å². The monoisotopic (exact) mass is 232 g/mol. The molecular weight excluding hydrogens is 220 g/mol. The van der Waals surface area contributed by atoms with Crippen LogP contribution >= 0.6 is 0 Å². The molecule has 6 heteroatoms. The number of nitrogens with zero attached hydrogens (tertiary/aromatic N) is 2. The summed E-state index contributed by atoms with van der Waals surface area (Å²) in [4.78, 5) is 8.25. The largest absolute Gasteiger partial charge is 0.504 e. The fraction of sp³-hybridized carbons (Fsp3) is 0.0909. The highest BCUT2D eigenvalue weighted by molar-refractivity contribution is 5.61. The van der Waals surface area contributed by atoms with Gasteiger partial charge in [-0.15, -0.1) is 0 Å². The Bertz CT molecular complexity index is 531. The summed E-state index contributed by atoms with van der Waals surface area (Å²) in [6.45, 7) is 0. The zero-order valence-corrected chi connectivity index (χ0v) is 9.21. The SMILES string of the molecule is COc1ccc(-c2nccc(NN)n2)cc1O. The van der Waals surface area contributed by atoms with Crippen molar-refractivity contribution in [2.75, 3.05) is 12.5 Å². The van der Waals surface area contributed by atoms with Crippen LogP contribution in [-0.2, 0) is 0 Å². The lowest BCUT2D eigenvalue weighted by Crippen LogP contribution is -2.09. The van der Waals surface area contributed by atoms with Gasteiger partial charge in [-0.3, -0.25) is 0 Å². The Kier molecular flexibility index (Phi) is 3.06. The number of ether oxygens (including phenoxy) is 1. The van der Waals surface area contributed by atoms with Gasteiger partial charge in [-0.2, -0.15) is 0 Å². The summed E-state index contributed by atoms with van der Waals surface area (Å²) < 4.78 is 4.96. The number of phenols is 1. The zero-order valence-electron chi connectivity index (χ0n) is 9.21. The third-order valence-electron chi connectivity index (χ3n) is 2.24. The predicted octanol–water partition coefficient (Wildman–Crippen LogP) is 1.14. The maximum atomic E-state index is 9.66. The van der Waals surface area contributed by atoms with E-state index in [0.717, 1.165) is 0 Å². The highest BCUT2D eigenvalue weighted by atomic mass is 16.5. The van der Waals surface area contributed by atoms with Crippen molar-refractivity contribution >= 4 is 5.82 Å². The van der Waals surface area contributed by atoms with E-state index in [1.807, 2.05) is 0 Å². The second-order valence-electron chi connectivity index (χ2n) is 3.30. The van der Waals surface area contributed by atoms with E-state index in [0.29, 0.717) is 23.0 Å². The first-order valence-electron chi connectivity index (χ1n) is 4.91. The molecule has 0 unspecified atom stereocenters. The minimum Gasteiger partial charge on any atom is -0.504 e. The first kappa shape index (κ1) is 11.2. The standard InChI is InChI=1S/C11H12N4O2/c1-17-9-3-2-7(6-8(9)16)11-13-5-4-10(14-11)15-12/h2-6,16H,12H2,1H3,(H,13,14,15). The van der Waals surface area contributed by atoms with Gasteiger partial charge >= 0.3 is 0 Å². The minimum atomic E-state index is 0.0414. The molecule has 6 nitrogen and oxygen atoms in total. The maximum Gasteiger partial charge on any atom is 0.161 e. The van der Waals surface area contributed by atoms with E-state index in [-0.39, 0.29) is 5.75 Å². The van der Waals surface area contributed by atoms with Crippen molar-refractivity contribution in [1.82, 2.24) is 9.97 Å². The molecule has 0 aliphatic heterocycles. The van der Waals surface area contributed by atoms with Gasteiger partial charge in [0.1, 0.15) is 5.82 Å². The average Bonchev–Trinajstić information content (AvgIpc) is 2.38. The molecule has 1 heterocycles. The Balaban J connectivity index is 2.42. The fourth-order valence-electron chi connectivity index (χ4n) is 1.41. The lowest BCUT2D eigenvalue weighted by Gasteiger charge is -2.06. The lowest BCUT2D eigenvalue weighted by molar-refractivity contribution is 0.373. The Morgan fingerprint density at radius 3 is 2.82 bits per heavy atom. The van der Waals surface area contributed by atoms with Crippen molar-refractivity contribution in [2.45, 2.75) is 0 Å². The summed E-state index contributed by atoms with van der Waals surface area (Å²) in [6, 6.07) is 6.59. The molecule has 0 bridgehead atoms. The van der Waals surface area contributed by atoms with Gasteiger partial charge in [0, 0.05) is 17.8 Å². The lowest BCUT2D eigenvalue weighted by atomic mass is 10.2. The minimum absolute atomic E-state index is 0.0414. The number of rotatable bonds is 3. The van der Waals surface area contributed by atoms with Gasteiger partial charge in [0.15, 0.2) is 17.3 Å². The number of methoxy groups -OCH3 is 1. The van der Waals surface area contributed by atoms with Crippen molar-refractivity contribution in [3.8, 4) is 22.9 Å². The second-order valence-corrected chi connectivity index (χ2v) is 3.30.